The van der Waals surface area contributed by atoms with Gasteiger partial charge in [0.05, 0.1) is 17.6 Å². The van der Waals surface area contributed by atoms with Crippen LogP contribution in [0.15, 0.2) is 58.7 Å². The van der Waals surface area contributed by atoms with Crippen molar-refractivity contribution in [1.82, 2.24) is 24.8 Å². The summed E-state index contributed by atoms with van der Waals surface area (Å²) in [7, 11) is 1.91. The lowest BCUT2D eigenvalue weighted by atomic mass is 9.92. The number of rotatable bonds is 9. The van der Waals surface area contributed by atoms with Crippen LogP contribution >= 0.6 is 0 Å². The minimum Gasteiger partial charge on any atom is -0.385 e. The van der Waals surface area contributed by atoms with Gasteiger partial charge in [0, 0.05) is 43.4 Å². The molecule has 0 saturated heterocycles. The molecular weight excluding hydrogens is 482 g/mol. The number of hydrogen-bond acceptors (Lipinski definition) is 8. The third-order valence-electron chi connectivity index (χ3n) is 6.96. The number of nitrogen functional groups attached to an aromatic ring is 1. The molecule has 0 bridgehead atoms. The largest absolute Gasteiger partial charge is 0.385 e. The highest BCUT2D eigenvalue weighted by molar-refractivity contribution is 6.03. The van der Waals surface area contributed by atoms with Crippen LogP contribution in [0.5, 0.6) is 0 Å². The number of hydrogen-bond donors (Lipinski definition) is 2. The van der Waals surface area contributed by atoms with Crippen molar-refractivity contribution in [2.75, 3.05) is 25.9 Å². The molecule has 3 N–H and O–H groups in total. The molecule has 4 rings (SSSR count). The van der Waals surface area contributed by atoms with Gasteiger partial charge in [-0.2, -0.15) is 0 Å². The van der Waals surface area contributed by atoms with Gasteiger partial charge >= 0.3 is 0 Å². The molecule has 0 aliphatic carbocycles. The quantitative estimate of drug-likeness (QED) is 0.446. The Labute approximate surface area is 222 Å². The van der Waals surface area contributed by atoms with Crippen LogP contribution in [0.25, 0.3) is 11.3 Å². The van der Waals surface area contributed by atoms with Gasteiger partial charge in [-0.05, 0) is 45.0 Å². The Morgan fingerprint density at radius 2 is 1.84 bits per heavy atom. The molecule has 1 aliphatic heterocycles. The van der Waals surface area contributed by atoms with Crippen LogP contribution < -0.4 is 16.6 Å². The molecule has 0 radical (unpaired) electrons. The Balaban J connectivity index is 1.61. The van der Waals surface area contributed by atoms with Crippen molar-refractivity contribution in [3.8, 4) is 11.3 Å². The van der Waals surface area contributed by atoms with Gasteiger partial charge in [0.1, 0.15) is 17.6 Å². The van der Waals surface area contributed by atoms with Gasteiger partial charge < -0.3 is 25.4 Å². The van der Waals surface area contributed by atoms with Crippen molar-refractivity contribution in [1.29, 1.82) is 0 Å². The maximum absolute atomic E-state index is 12.9. The molecule has 2 aromatic heterocycles. The summed E-state index contributed by atoms with van der Waals surface area (Å²) in [5, 5.41) is 7.50. The standard InChI is InChI=1S/C28H35N7O3/c1-6-34(7-2)28(37)18(4)35-16-21(12-13-23(35)36)22-15-31-27(29)25(32-22)26-17(3)24(33-38-26)20-10-8-19(9-11-20)14-30-5/h8-13,15-18,26,30H,6-7,14H2,1-5H3,(H2,29,31). The lowest BCUT2D eigenvalue weighted by Gasteiger charge is -2.24. The zero-order valence-corrected chi connectivity index (χ0v) is 22.5. The van der Waals surface area contributed by atoms with Crippen LogP contribution in [0.3, 0.4) is 0 Å². The predicted octanol–water partition coefficient (Wildman–Crippen LogP) is 3.15. The fourth-order valence-electron chi connectivity index (χ4n) is 4.67. The van der Waals surface area contributed by atoms with E-state index in [4.69, 9.17) is 15.6 Å². The average molecular weight is 518 g/mol. The molecule has 1 aliphatic rings. The summed E-state index contributed by atoms with van der Waals surface area (Å²) in [6.45, 7) is 9.51. The van der Waals surface area contributed by atoms with E-state index in [1.165, 1.54) is 16.2 Å². The first-order chi connectivity index (χ1) is 18.3. The summed E-state index contributed by atoms with van der Waals surface area (Å²) in [4.78, 5) is 42.2. The number of carbonyl (C=O) groups excluding carboxylic acids is 1. The van der Waals surface area contributed by atoms with Gasteiger partial charge in [-0.1, -0.05) is 36.3 Å². The Bertz CT molecular complexity index is 1380. The summed E-state index contributed by atoms with van der Waals surface area (Å²) < 4.78 is 1.43. The topological polar surface area (TPSA) is 128 Å². The number of amides is 1. The third-order valence-corrected chi connectivity index (χ3v) is 6.96. The fourth-order valence-corrected chi connectivity index (χ4v) is 4.67. The van der Waals surface area contributed by atoms with Crippen molar-refractivity contribution in [2.24, 2.45) is 11.1 Å². The number of nitrogens with zero attached hydrogens (tertiary/aromatic N) is 5. The molecule has 3 atom stereocenters. The molecule has 3 unspecified atom stereocenters. The molecule has 10 nitrogen and oxygen atoms in total. The van der Waals surface area contributed by atoms with Crippen LogP contribution in [-0.4, -0.2) is 51.2 Å². The second-order valence-corrected chi connectivity index (χ2v) is 9.39. The van der Waals surface area contributed by atoms with Gasteiger partial charge in [0.2, 0.25) is 5.91 Å². The molecular formula is C28H35N7O3. The molecule has 3 heterocycles. The molecule has 0 fully saturated rings. The normalized spacial score (nSPS) is 17.6. The zero-order valence-electron chi connectivity index (χ0n) is 22.5. The van der Waals surface area contributed by atoms with Crippen LogP contribution in [-0.2, 0) is 16.2 Å². The third kappa shape index (κ3) is 5.31. The zero-order chi connectivity index (χ0) is 27.4. The molecule has 3 aromatic rings. The van der Waals surface area contributed by atoms with Gasteiger partial charge in [-0.3, -0.25) is 9.59 Å². The second kappa shape index (κ2) is 11.6. The number of nitrogens with one attached hydrogen (secondary N) is 1. The maximum Gasteiger partial charge on any atom is 0.251 e. The summed E-state index contributed by atoms with van der Waals surface area (Å²) >= 11 is 0. The van der Waals surface area contributed by atoms with E-state index in [0.29, 0.717) is 30.0 Å². The van der Waals surface area contributed by atoms with Crippen LogP contribution in [0, 0.1) is 5.92 Å². The number of anilines is 1. The van der Waals surface area contributed by atoms with Crippen LogP contribution in [0.4, 0.5) is 5.82 Å². The first-order valence-electron chi connectivity index (χ1n) is 12.9. The van der Waals surface area contributed by atoms with Crippen LogP contribution in [0.2, 0.25) is 0 Å². The molecule has 1 amide bonds. The molecule has 38 heavy (non-hydrogen) atoms. The van der Waals surface area contributed by atoms with E-state index in [1.54, 1.807) is 30.3 Å². The monoisotopic (exact) mass is 517 g/mol. The number of benzene rings is 1. The van der Waals surface area contributed by atoms with Crippen molar-refractivity contribution in [2.45, 2.75) is 46.4 Å². The highest BCUT2D eigenvalue weighted by Crippen LogP contribution is 2.36. The van der Waals surface area contributed by atoms with Crippen LogP contribution in [0.1, 0.15) is 56.7 Å². The molecule has 0 spiro atoms. The van der Waals surface area contributed by atoms with Gasteiger partial charge in [0.15, 0.2) is 6.10 Å². The van der Waals surface area contributed by atoms with Crippen molar-refractivity contribution in [3.63, 3.8) is 0 Å². The Hall–Kier alpha value is -4.05. The molecule has 0 saturated carbocycles. The van der Waals surface area contributed by atoms with E-state index in [9.17, 15) is 9.59 Å². The van der Waals surface area contributed by atoms with E-state index in [1.807, 2.05) is 40.0 Å². The Kier molecular flexibility index (Phi) is 8.21. The first kappa shape index (κ1) is 27.0. The number of oxime groups is 1. The number of pyridine rings is 1. The number of likely N-dealkylation sites (N-methyl/N-ethyl adjacent to an activating group) is 1. The summed E-state index contributed by atoms with van der Waals surface area (Å²) in [6, 6.07) is 10.6. The van der Waals surface area contributed by atoms with E-state index < -0.39 is 12.1 Å². The van der Waals surface area contributed by atoms with Crippen molar-refractivity contribution in [3.05, 3.63) is 76.0 Å². The van der Waals surface area contributed by atoms with Crippen molar-refractivity contribution >= 4 is 17.4 Å². The van der Waals surface area contributed by atoms with E-state index in [2.05, 4.69) is 27.6 Å². The Morgan fingerprint density at radius 1 is 1.16 bits per heavy atom. The summed E-state index contributed by atoms with van der Waals surface area (Å²) in [6.07, 6.45) is 2.69. The van der Waals surface area contributed by atoms with E-state index >= 15 is 0 Å². The Morgan fingerprint density at radius 3 is 2.50 bits per heavy atom. The minimum absolute atomic E-state index is 0.113. The first-order valence-corrected chi connectivity index (χ1v) is 12.9. The predicted molar refractivity (Wildman–Crippen MR) is 148 cm³/mol. The van der Waals surface area contributed by atoms with Gasteiger partial charge in [-0.25, -0.2) is 9.97 Å². The lowest BCUT2D eigenvalue weighted by Crippen LogP contribution is -2.38. The summed E-state index contributed by atoms with van der Waals surface area (Å²) in [5.41, 5.74) is 10.6. The summed E-state index contributed by atoms with van der Waals surface area (Å²) in [5.74, 6) is 0.0256. The SMILES string of the molecule is CCN(CC)C(=O)C(C)n1cc(-c2cnc(N)c(C3ON=C(c4ccc(CNC)cc4)C3C)n2)ccc1=O. The number of aromatic nitrogens is 3. The maximum atomic E-state index is 12.9. The lowest BCUT2D eigenvalue weighted by molar-refractivity contribution is -0.133. The van der Waals surface area contributed by atoms with Gasteiger partial charge in [0.25, 0.3) is 5.56 Å². The molecule has 10 heteroatoms. The number of carbonyl (C=O) groups is 1. The van der Waals surface area contributed by atoms with E-state index in [-0.39, 0.29) is 23.2 Å². The molecule has 1 aromatic carbocycles. The highest BCUT2D eigenvalue weighted by atomic mass is 16.6. The number of nitrogens with two attached hydrogens (primary N) is 1. The second-order valence-electron chi connectivity index (χ2n) is 9.39. The minimum atomic E-state index is -0.655. The average Bonchev–Trinajstić information content (AvgIpc) is 3.31. The molecule has 200 valence electrons. The van der Waals surface area contributed by atoms with Gasteiger partial charge in [-0.15, -0.1) is 0 Å². The smallest absolute Gasteiger partial charge is 0.251 e. The fraction of sp³-hybridized carbons (Fsp3) is 0.393. The van der Waals surface area contributed by atoms with E-state index in [0.717, 1.165) is 17.8 Å². The highest BCUT2D eigenvalue weighted by Gasteiger charge is 2.35. The van der Waals surface area contributed by atoms with Crippen molar-refractivity contribution < 1.29 is 9.63 Å².